The Morgan fingerprint density at radius 2 is 1.37 bits per heavy atom. The average molecular weight is 493 g/mol. The lowest BCUT2D eigenvalue weighted by molar-refractivity contribution is -0.117. The Morgan fingerprint density at radius 3 is 2.06 bits per heavy atom. The number of benzene rings is 3. The maximum atomic E-state index is 12.8. The van der Waals surface area contributed by atoms with Crippen LogP contribution in [0.1, 0.15) is 15.9 Å². The van der Waals surface area contributed by atoms with E-state index in [1.807, 2.05) is 35.2 Å². The normalized spacial score (nSPS) is 14.9. The van der Waals surface area contributed by atoms with Crippen LogP contribution in [0.5, 0.6) is 0 Å². The van der Waals surface area contributed by atoms with E-state index in [1.54, 1.807) is 54.6 Å². The molecule has 3 aromatic rings. The third-order valence-corrected chi connectivity index (χ3v) is 7.73. The molecule has 1 heterocycles. The first-order chi connectivity index (χ1) is 16.9. The number of nitrogens with one attached hydrogen (secondary N) is 2. The molecule has 2 N–H and O–H groups in total. The molecular weight excluding hydrogens is 464 g/mol. The summed E-state index contributed by atoms with van der Waals surface area (Å²) in [5.41, 5.74) is 1.81. The van der Waals surface area contributed by atoms with Crippen LogP contribution >= 0.6 is 0 Å². The molecule has 4 rings (SSSR count). The maximum Gasteiger partial charge on any atom is 0.253 e. The first-order valence-electron chi connectivity index (χ1n) is 11.4. The molecule has 1 saturated heterocycles. The Balaban J connectivity index is 1.30. The zero-order valence-corrected chi connectivity index (χ0v) is 20.1. The van der Waals surface area contributed by atoms with Crippen molar-refractivity contribution < 1.29 is 18.0 Å². The molecule has 2 amide bonds. The Kier molecular flexibility index (Phi) is 7.91. The second kappa shape index (κ2) is 11.3. The highest BCUT2D eigenvalue weighted by molar-refractivity contribution is 7.89. The van der Waals surface area contributed by atoms with Crippen molar-refractivity contribution in [2.24, 2.45) is 0 Å². The Morgan fingerprint density at radius 1 is 0.771 bits per heavy atom. The van der Waals surface area contributed by atoms with E-state index in [0.29, 0.717) is 44.0 Å². The third-order valence-electron chi connectivity index (χ3n) is 5.82. The molecule has 0 bridgehead atoms. The fourth-order valence-electron chi connectivity index (χ4n) is 3.93. The largest absolute Gasteiger partial charge is 0.348 e. The van der Waals surface area contributed by atoms with Gasteiger partial charge in [-0.3, -0.25) is 14.5 Å². The molecule has 0 aromatic heterocycles. The lowest BCUT2D eigenvalue weighted by Gasteiger charge is -2.33. The lowest BCUT2D eigenvalue weighted by atomic mass is 10.1. The van der Waals surface area contributed by atoms with Gasteiger partial charge in [0.15, 0.2) is 0 Å². The highest BCUT2D eigenvalue weighted by Gasteiger charge is 2.29. The minimum atomic E-state index is -3.54. The molecule has 0 saturated carbocycles. The van der Waals surface area contributed by atoms with Crippen molar-refractivity contribution in [3.05, 3.63) is 96.1 Å². The molecule has 35 heavy (non-hydrogen) atoms. The van der Waals surface area contributed by atoms with Gasteiger partial charge in [0.2, 0.25) is 15.9 Å². The number of hydrogen-bond donors (Lipinski definition) is 2. The number of piperazine rings is 1. The van der Waals surface area contributed by atoms with Gasteiger partial charge in [0.1, 0.15) is 0 Å². The van der Waals surface area contributed by atoms with Crippen LogP contribution in [-0.2, 0) is 21.4 Å². The summed E-state index contributed by atoms with van der Waals surface area (Å²) in [5, 5.41) is 5.71. The highest BCUT2D eigenvalue weighted by atomic mass is 32.2. The van der Waals surface area contributed by atoms with Crippen molar-refractivity contribution in [1.82, 2.24) is 14.5 Å². The second-order valence-electron chi connectivity index (χ2n) is 8.26. The number of sulfonamides is 1. The van der Waals surface area contributed by atoms with Crippen molar-refractivity contribution >= 4 is 27.5 Å². The van der Waals surface area contributed by atoms with Gasteiger partial charge in [-0.2, -0.15) is 4.31 Å². The molecule has 0 atom stereocenters. The molecular formula is C26H28N4O4S. The summed E-state index contributed by atoms with van der Waals surface area (Å²) in [5.74, 6) is -0.530. The number of amides is 2. The van der Waals surface area contributed by atoms with Crippen molar-refractivity contribution in [2.45, 2.75) is 11.4 Å². The van der Waals surface area contributed by atoms with E-state index in [9.17, 15) is 18.0 Å². The molecule has 1 aliphatic rings. The summed E-state index contributed by atoms with van der Waals surface area (Å²) in [4.78, 5) is 27.6. The van der Waals surface area contributed by atoms with E-state index in [4.69, 9.17) is 0 Å². The summed E-state index contributed by atoms with van der Waals surface area (Å²) in [6, 6.07) is 24.8. The summed E-state index contributed by atoms with van der Waals surface area (Å²) < 4.78 is 27.0. The summed E-state index contributed by atoms with van der Waals surface area (Å²) in [6.07, 6.45) is 0. The van der Waals surface area contributed by atoms with Crippen LogP contribution in [0.25, 0.3) is 0 Å². The topological polar surface area (TPSA) is 98.8 Å². The van der Waals surface area contributed by atoms with E-state index >= 15 is 0 Å². The average Bonchev–Trinajstić information content (AvgIpc) is 2.89. The van der Waals surface area contributed by atoms with Crippen LogP contribution in [0.2, 0.25) is 0 Å². The van der Waals surface area contributed by atoms with Crippen LogP contribution < -0.4 is 10.6 Å². The van der Waals surface area contributed by atoms with Crippen LogP contribution in [0.15, 0.2) is 89.8 Å². The van der Waals surface area contributed by atoms with E-state index in [0.717, 1.165) is 5.56 Å². The minimum absolute atomic E-state index is 0.110. The van der Waals surface area contributed by atoms with E-state index < -0.39 is 10.0 Å². The van der Waals surface area contributed by atoms with Crippen molar-refractivity contribution in [3.8, 4) is 0 Å². The number of nitrogens with zero attached hydrogens (tertiary/aromatic N) is 2. The molecule has 0 radical (unpaired) electrons. The molecule has 0 aliphatic carbocycles. The number of hydrogen-bond acceptors (Lipinski definition) is 5. The number of anilines is 1. The highest BCUT2D eigenvalue weighted by Crippen LogP contribution is 2.18. The SMILES string of the molecule is O=C(CN1CCN(S(=O)(=O)c2ccccc2)CC1)Nc1ccccc1C(=O)NCc1ccccc1. The first kappa shape index (κ1) is 24.6. The molecule has 3 aromatic carbocycles. The quantitative estimate of drug-likeness (QED) is 0.504. The summed E-state index contributed by atoms with van der Waals surface area (Å²) >= 11 is 0. The van der Waals surface area contributed by atoms with Gasteiger partial charge in [0.25, 0.3) is 5.91 Å². The minimum Gasteiger partial charge on any atom is -0.348 e. The fraction of sp³-hybridized carbons (Fsp3) is 0.231. The van der Waals surface area contributed by atoms with Gasteiger partial charge in [-0.1, -0.05) is 60.7 Å². The number of rotatable bonds is 8. The zero-order valence-electron chi connectivity index (χ0n) is 19.3. The molecule has 1 fully saturated rings. The number of para-hydroxylation sites is 1. The van der Waals surface area contributed by atoms with E-state index in [1.165, 1.54) is 4.31 Å². The molecule has 1 aliphatic heterocycles. The molecule has 9 heteroatoms. The maximum absolute atomic E-state index is 12.8. The van der Waals surface area contributed by atoms with Gasteiger partial charge in [0, 0.05) is 32.7 Å². The van der Waals surface area contributed by atoms with E-state index in [2.05, 4.69) is 10.6 Å². The van der Waals surface area contributed by atoms with Gasteiger partial charge in [-0.25, -0.2) is 8.42 Å². The van der Waals surface area contributed by atoms with Gasteiger partial charge in [-0.15, -0.1) is 0 Å². The monoisotopic (exact) mass is 492 g/mol. The lowest BCUT2D eigenvalue weighted by Crippen LogP contribution is -2.50. The van der Waals surface area contributed by atoms with Crippen molar-refractivity contribution in [2.75, 3.05) is 38.0 Å². The Hall–Kier alpha value is -3.53. The van der Waals surface area contributed by atoms with Gasteiger partial charge in [0.05, 0.1) is 22.7 Å². The van der Waals surface area contributed by atoms with Gasteiger partial charge >= 0.3 is 0 Å². The van der Waals surface area contributed by atoms with Crippen molar-refractivity contribution in [3.63, 3.8) is 0 Å². The van der Waals surface area contributed by atoms with Crippen LogP contribution in [0.3, 0.4) is 0 Å². The standard InChI is InChI=1S/C26H28N4O4S/c31-25(20-29-15-17-30(18-16-29)35(33,34)22-11-5-2-6-12-22)28-24-14-8-7-13-23(24)26(32)27-19-21-9-3-1-4-10-21/h1-14H,15-20H2,(H,27,32)(H,28,31). The molecule has 0 unspecified atom stereocenters. The summed E-state index contributed by atoms with van der Waals surface area (Å²) in [7, 11) is -3.54. The summed E-state index contributed by atoms with van der Waals surface area (Å²) in [6.45, 7) is 2.00. The first-order valence-corrected chi connectivity index (χ1v) is 12.9. The van der Waals surface area contributed by atoms with Gasteiger partial charge < -0.3 is 10.6 Å². The smallest absolute Gasteiger partial charge is 0.253 e. The van der Waals surface area contributed by atoms with Crippen LogP contribution in [-0.4, -0.2) is 62.2 Å². The van der Waals surface area contributed by atoms with Crippen LogP contribution in [0, 0.1) is 0 Å². The number of carbonyl (C=O) groups excluding carboxylic acids is 2. The van der Waals surface area contributed by atoms with Crippen LogP contribution in [0.4, 0.5) is 5.69 Å². The second-order valence-corrected chi connectivity index (χ2v) is 10.2. The zero-order chi connectivity index (χ0) is 24.7. The third kappa shape index (κ3) is 6.33. The van der Waals surface area contributed by atoms with E-state index in [-0.39, 0.29) is 23.3 Å². The predicted octanol–water partition coefficient (Wildman–Crippen LogP) is 2.56. The van der Waals surface area contributed by atoms with Gasteiger partial charge in [-0.05, 0) is 29.8 Å². The molecule has 182 valence electrons. The predicted molar refractivity (Wildman–Crippen MR) is 134 cm³/mol. The van der Waals surface area contributed by atoms with Crippen molar-refractivity contribution in [1.29, 1.82) is 0 Å². The fourth-order valence-corrected chi connectivity index (χ4v) is 5.37. The Bertz CT molecular complexity index is 1260. The molecule has 0 spiro atoms. The molecule has 8 nitrogen and oxygen atoms in total. The number of carbonyl (C=O) groups is 2. The Labute approximate surface area is 205 Å².